The second kappa shape index (κ2) is 7.10. The van der Waals surface area contributed by atoms with Crippen LogP contribution in [-0.2, 0) is 15.0 Å². The lowest BCUT2D eigenvalue weighted by Gasteiger charge is -2.22. The first-order valence-electron chi connectivity index (χ1n) is 8.65. The average Bonchev–Trinajstić information content (AvgIpc) is 2.87. The third kappa shape index (κ3) is 3.83. The van der Waals surface area contributed by atoms with Gasteiger partial charge >= 0.3 is 10.2 Å². The van der Waals surface area contributed by atoms with E-state index in [0.717, 1.165) is 0 Å². The van der Waals surface area contributed by atoms with Crippen LogP contribution < -0.4 is 19.5 Å². The fourth-order valence-electron chi connectivity index (χ4n) is 2.83. The molecule has 28 heavy (non-hydrogen) atoms. The van der Waals surface area contributed by atoms with E-state index >= 15 is 4.39 Å². The summed E-state index contributed by atoms with van der Waals surface area (Å²) in [6.45, 7) is 4.29. The van der Waals surface area contributed by atoms with Crippen LogP contribution in [0.4, 0.5) is 10.1 Å². The zero-order valence-electron chi connectivity index (χ0n) is 15.5. The second-order valence-corrected chi connectivity index (χ2v) is 9.04. The standard InChI is InChI=1S/C18H22FN3O5S/c1-18(2,10-20)5-6-27-12-4-3-11-7-14(23)17(16(19)13(11)8-12)22-9-15(24)21-28(22,25)26/h3-4,7-8,23H,5-6,9-10,20H2,1-2H3,(H,21,24). The van der Waals surface area contributed by atoms with Crippen molar-refractivity contribution in [3.8, 4) is 11.5 Å². The molecule has 1 saturated heterocycles. The molecule has 1 aliphatic rings. The molecule has 0 radical (unpaired) electrons. The Bertz CT molecular complexity index is 1040. The summed E-state index contributed by atoms with van der Waals surface area (Å²) in [4.78, 5) is 11.4. The normalized spacial score (nSPS) is 16.4. The van der Waals surface area contributed by atoms with E-state index in [4.69, 9.17) is 10.5 Å². The van der Waals surface area contributed by atoms with Crippen molar-refractivity contribution >= 4 is 32.6 Å². The molecule has 3 rings (SSSR count). The molecule has 8 nitrogen and oxygen atoms in total. The number of nitrogens with two attached hydrogens (primary N) is 1. The van der Waals surface area contributed by atoms with Crippen LogP contribution in [-0.4, -0.2) is 39.1 Å². The maximum atomic E-state index is 15.1. The number of rotatable bonds is 6. The van der Waals surface area contributed by atoms with Crippen LogP contribution in [0.3, 0.4) is 0 Å². The molecular weight excluding hydrogens is 389 g/mol. The van der Waals surface area contributed by atoms with Crippen molar-refractivity contribution in [3.63, 3.8) is 0 Å². The van der Waals surface area contributed by atoms with Crippen molar-refractivity contribution in [3.05, 3.63) is 30.1 Å². The third-order valence-electron chi connectivity index (χ3n) is 4.67. The van der Waals surface area contributed by atoms with Gasteiger partial charge < -0.3 is 15.6 Å². The molecule has 1 fully saturated rings. The van der Waals surface area contributed by atoms with Crippen molar-refractivity contribution in [1.82, 2.24) is 4.72 Å². The zero-order valence-corrected chi connectivity index (χ0v) is 16.3. The van der Waals surface area contributed by atoms with E-state index in [1.54, 1.807) is 16.9 Å². The predicted molar refractivity (Wildman–Crippen MR) is 103 cm³/mol. The molecule has 0 atom stereocenters. The number of carbonyl (C=O) groups excluding carboxylic acids is 1. The number of nitrogens with one attached hydrogen (secondary N) is 1. The van der Waals surface area contributed by atoms with Gasteiger partial charge in [0.1, 0.15) is 23.7 Å². The van der Waals surface area contributed by atoms with Crippen LogP contribution in [0.1, 0.15) is 20.3 Å². The van der Waals surface area contributed by atoms with E-state index in [1.165, 1.54) is 12.1 Å². The van der Waals surface area contributed by atoms with E-state index in [0.29, 0.717) is 35.0 Å². The average molecular weight is 411 g/mol. The largest absolute Gasteiger partial charge is 0.506 e. The molecule has 0 spiro atoms. The van der Waals surface area contributed by atoms with E-state index in [9.17, 15) is 18.3 Å². The van der Waals surface area contributed by atoms with E-state index < -0.39 is 39.9 Å². The minimum atomic E-state index is -4.26. The number of halogens is 1. The molecule has 0 aromatic heterocycles. The Labute approximate surface area is 162 Å². The van der Waals surface area contributed by atoms with Crippen LogP contribution in [0.15, 0.2) is 24.3 Å². The first-order valence-corrected chi connectivity index (χ1v) is 10.1. The van der Waals surface area contributed by atoms with E-state index in [-0.39, 0.29) is 10.8 Å². The number of nitrogens with zero attached hydrogens (tertiary/aromatic N) is 1. The Hall–Kier alpha value is -2.59. The predicted octanol–water partition coefficient (Wildman–Crippen LogP) is 1.62. The van der Waals surface area contributed by atoms with E-state index in [1.807, 2.05) is 13.8 Å². The number of fused-ring (bicyclic) bond motifs is 1. The van der Waals surface area contributed by atoms with Gasteiger partial charge in [-0.3, -0.25) is 4.79 Å². The van der Waals surface area contributed by atoms with Gasteiger partial charge in [0.05, 0.1) is 6.61 Å². The smallest absolute Gasteiger partial charge is 0.326 e. The lowest BCUT2D eigenvalue weighted by molar-refractivity contribution is -0.117. The SMILES string of the molecule is CC(C)(CN)CCOc1ccc2cc(O)c(N3CC(=O)NS3(=O)=O)c(F)c2c1. The third-order valence-corrected chi connectivity index (χ3v) is 6.05. The molecule has 1 aliphatic heterocycles. The van der Waals surface area contributed by atoms with Crippen molar-refractivity contribution < 1.29 is 27.4 Å². The quantitative estimate of drug-likeness (QED) is 0.664. The van der Waals surface area contributed by atoms with Crippen LogP contribution in [0, 0.1) is 11.2 Å². The molecule has 0 aliphatic carbocycles. The Morgan fingerprint density at radius 3 is 2.68 bits per heavy atom. The summed E-state index contributed by atoms with van der Waals surface area (Å²) in [7, 11) is -4.26. The van der Waals surface area contributed by atoms with Gasteiger partial charge in [0.25, 0.3) is 5.91 Å². The molecule has 4 N–H and O–H groups in total. The van der Waals surface area contributed by atoms with Gasteiger partial charge in [0.2, 0.25) is 0 Å². The summed E-state index contributed by atoms with van der Waals surface area (Å²) >= 11 is 0. The molecule has 2 aromatic carbocycles. The Balaban J connectivity index is 1.96. The van der Waals surface area contributed by atoms with Crippen LogP contribution in [0.25, 0.3) is 10.8 Å². The molecule has 0 unspecified atom stereocenters. The highest BCUT2D eigenvalue weighted by Crippen LogP contribution is 2.39. The summed E-state index contributed by atoms with van der Waals surface area (Å²) in [5.74, 6) is -1.95. The molecule has 1 amide bonds. The number of ether oxygens (including phenoxy) is 1. The van der Waals surface area contributed by atoms with Gasteiger partial charge in [-0.2, -0.15) is 8.42 Å². The molecule has 1 heterocycles. The fourth-order valence-corrected chi connectivity index (χ4v) is 3.99. The highest BCUT2D eigenvalue weighted by molar-refractivity contribution is 7.92. The van der Waals surface area contributed by atoms with Crippen LogP contribution >= 0.6 is 0 Å². The molecule has 0 saturated carbocycles. The molecule has 10 heteroatoms. The minimum absolute atomic E-state index is 0.0675. The first-order chi connectivity index (χ1) is 13.0. The van der Waals surface area contributed by atoms with Gasteiger partial charge in [0.15, 0.2) is 5.82 Å². The van der Waals surface area contributed by atoms with Gasteiger partial charge in [-0.15, -0.1) is 0 Å². The number of hydrogen-bond acceptors (Lipinski definition) is 6. The van der Waals surface area contributed by atoms with Crippen molar-refractivity contribution in [2.45, 2.75) is 20.3 Å². The Kier molecular flexibility index (Phi) is 5.11. The van der Waals surface area contributed by atoms with Crippen LogP contribution in [0.2, 0.25) is 0 Å². The lowest BCUT2D eigenvalue weighted by atomic mass is 9.90. The zero-order chi connectivity index (χ0) is 20.7. The molecule has 2 aromatic rings. The molecule has 0 bridgehead atoms. The van der Waals surface area contributed by atoms with Crippen molar-refractivity contribution in [2.24, 2.45) is 11.1 Å². The number of amides is 1. The van der Waals surface area contributed by atoms with E-state index in [2.05, 4.69) is 0 Å². The van der Waals surface area contributed by atoms with Gasteiger partial charge in [-0.05, 0) is 42.0 Å². The topological polar surface area (TPSA) is 122 Å². The van der Waals surface area contributed by atoms with Crippen LogP contribution in [0.5, 0.6) is 11.5 Å². The second-order valence-electron chi connectivity index (χ2n) is 7.44. The monoisotopic (exact) mass is 411 g/mol. The number of hydrogen-bond donors (Lipinski definition) is 3. The number of benzene rings is 2. The number of carbonyl (C=O) groups is 1. The first kappa shape index (κ1) is 20.2. The number of phenolic OH excluding ortho intramolecular Hbond substituents is 1. The molecular formula is C18H22FN3O5S. The fraction of sp³-hybridized carbons (Fsp3) is 0.389. The maximum absolute atomic E-state index is 15.1. The highest BCUT2D eigenvalue weighted by atomic mass is 32.2. The Morgan fingerprint density at radius 1 is 1.36 bits per heavy atom. The highest BCUT2D eigenvalue weighted by Gasteiger charge is 2.37. The molecule has 152 valence electrons. The summed E-state index contributed by atoms with van der Waals surface area (Å²) in [5, 5.41) is 10.6. The minimum Gasteiger partial charge on any atom is -0.506 e. The summed E-state index contributed by atoms with van der Waals surface area (Å²) in [6, 6.07) is 5.87. The number of phenols is 1. The summed E-state index contributed by atoms with van der Waals surface area (Å²) in [6.07, 6.45) is 0.699. The van der Waals surface area contributed by atoms with Gasteiger partial charge in [-0.1, -0.05) is 19.9 Å². The van der Waals surface area contributed by atoms with Gasteiger partial charge in [0, 0.05) is 5.39 Å². The summed E-state index contributed by atoms with van der Waals surface area (Å²) in [5.41, 5.74) is 5.02. The van der Waals surface area contributed by atoms with Crippen molar-refractivity contribution in [2.75, 3.05) is 24.0 Å². The number of aromatic hydroxyl groups is 1. The summed E-state index contributed by atoms with van der Waals surface area (Å²) < 4.78 is 47.1. The van der Waals surface area contributed by atoms with Crippen molar-refractivity contribution in [1.29, 1.82) is 0 Å². The number of anilines is 1. The van der Waals surface area contributed by atoms with Gasteiger partial charge in [-0.25, -0.2) is 13.4 Å². The maximum Gasteiger partial charge on any atom is 0.326 e. The lowest BCUT2D eigenvalue weighted by Crippen LogP contribution is -2.30. The Morgan fingerprint density at radius 2 is 2.07 bits per heavy atom.